The third kappa shape index (κ3) is 2.10. The summed E-state index contributed by atoms with van der Waals surface area (Å²) >= 11 is 0. The smallest absolute Gasteiger partial charge is 0.344 e. The molecule has 0 aliphatic carbocycles. The number of carbonyl (C=O) groups is 1. The van der Waals surface area contributed by atoms with Crippen molar-refractivity contribution >= 4 is 17.4 Å². The van der Waals surface area contributed by atoms with Gasteiger partial charge in [0.2, 0.25) is 0 Å². The van der Waals surface area contributed by atoms with E-state index in [1.165, 1.54) is 0 Å². The summed E-state index contributed by atoms with van der Waals surface area (Å²) < 4.78 is 5.30. The van der Waals surface area contributed by atoms with Crippen molar-refractivity contribution < 1.29 is 9.53 Å². The Labute approximate surface area is 111 Å². The van der Waals surface area contributed by atoms with Crippen LogP contribution in [0.1, 0.15) is 15.9 Å². The van der Waals surface area contributed by atoms with Gasteiger partial charge in [-0.1, -0.05) is 36.4 Å². The van der Waals surface area contributed by atoms with Gasteiger partial charge in [-0.25, -0.2) is 4.79 Å². The zero-order valence-corrected chi connectivity index (χ0v) is 10.5. The van der Waals surface area contributed by atoms with Gasteiger partial charge >= 0.3 is 5.97 Å². The van der Waals surface area contributed by atoms with Crippen molar-refractivity contribution in [2.45, 2.75) is 0 Å². The van der Waals surface area contributed by atoms with E-state index in [0.717, 1.165) is 11.3 Å². The van der Waals surface area contributed by atoms with Crippen LogP contribution in [-0.2, 0) is 4.74 Å². The lowest BCUT2D eigenvalue weighted by Crippen LogP contribution is -2.08. The first-order chi connectivity index (χ1) is 9.25. The number of benzene rings is 2. The van der Waals surface area contributed by atoms with Gasteiger partial charge in [0, 0.05) is 24.5 Å². The van der Waals surface area contributed by atoms with Crippen molar-refractivity contribution in [2.24, 2.45) is 0 Å². The van der Waals surface area contributed by atoms with Crippen LogP contribution in [0, 0.1) is 0 Å². The molecular formula is C16H13NO2. The topological polar surface area (TPSA) is 29.5 Å². The van der Waals surface area contributed by atoms with Crippen LogP contribution in [0.4, 0.5) is 5.69 Å². The van der Waals surface area contributed by atoms with Gasteiger partial charge in [-0.2, -0.15) is 0 Å². The Morgan fingerprint density at radius 1 is 0.947 bits per heavy atom. The number of ether oxygens (including phenoxy) is 1. The van der Waals surface area contributed by atoms with E-state index in [9.17, 15) is 4.79 Å². The first-order valence-electron chi connectivity index (χ1n) is 6.07. The minimum absolute atomic E-state index is 0.289. The average molecular weight is 251 g/mol. The van der Waals surface area contributed by atoms with Gasteiger partial charge in [-0.05, 0) is 18.2 Å². The standard InChI is InChI=1S/C16H13NO2/c1-17(12-7-3-2-4-8-12)11-15-13-9-5-6-10-14(13)16(18)19-15/h2-11H,1H3. The molecule has 0 saturated carbocycles. The SMILES string of the molecule is CN(C=C1OC(=O)c2ccccc21)c1ccccc1. The molecule has 19 heavy (non-hydrogen) atoms. The molecule has 3 heteroatoms. The molecule has 2 aromatic carbocycles. The van der Waals surface area contributed by atoms with E-state index in [4.69, 9.17) is 4.74 Å². The molecule has 0 fully saturated rings. The van der Waals surface area contributed by atoms with E-state index in [2.05, 4.69) is 0 Å². The normalized spacial score (nSPS) is 15.2. The third-order valence-corrected chi connectivity index (χ3v) is 3.09. The van der Waals surface area contributed by atoms with Gasteiger partial charge in [-0.15, -0.1) is 0 Å². The van der Waals surface area contributed by atoms with Crippen LogP contribution in [-0.4, -0.2) is 13.0 Å². The van der Waals surface area contributed by atoms with Gasteiger partial charge in [0.15, 0.2) is 5.76 Å². The molecule has 2 aromatic rings. The second kappa shape index (κ2) is 4.61. The molecular weight excluding hydrogens is 238 g/mol. The second-order valence-electron chi connectivity index (χ2n) is 4.37. The van der Waals surface area contributed by atoms with E-state index in [-0.39, 0.29) is 5.97 Å². The number of rotatable bonds is 2. The molecule has 0 radical (unpaired) electrons. The maximum absolute atomic E-state index is 11.7. The summed E-state index contributed by atoms with van der Waals surface area (Å²) in [6, 6.07) is 17.3. The largest absolute Gasteiger partial charge is 0.421 e. The van der Waals surface area contributed by atoms with Crippen LogP contribution in [0.25, 0.3) is 5.76 Å². The molecule has 0 saturated heterocycles. The number of hydrogen-bond donors (Lipinski definition) is 0. The summed E-state index contributed by atoms with van der Waals surface area (Å²) in [4.78, 5) is 13.6. The maximum Gasteiger partial charge on any atom is 0.344 e. The summed E-state index contributed by atoms with van der Waals surface area (Å²) in [7, 11) is 1.93. The highest BCUT2D eigenvalue weighted by molar-refractivity contribution is 6.03. The molecule has 0 aromatic heterocycles. The van der Waals surface area contributed by atoms with Crippen LogP contribution >= 0.6 is 0 Å². The maximum atomic E-state index is 11.7. The van der Waals surface area contributed by atoms with Crippen molar-refractivity contribution in [3.63, 3.8) is 0 Å². The molecule has 0 spiro atoms. The molecule has 0 amide bonds. The molecule has 1 aliphatic rings. The number of cyclic esters (lactones) is 1. The highest BCUT2D eigenvalue weighted by atomic mass is 16.5. The van der Waals surface area contributed by atoms with Gasteiger partial charge in [0.25, 0.3) is 0 Å². The number of para-hydroxylation sites is 1. The van der Waals surface area contributed by atoms with E-state index in [1.807, 2.05) is 66.7 Å². The zero-order chi connectivity index (χ0) is 13.2. The molecule has 3 nitrogen and oxygen atoms in total. The fourth-order valence-corrected chi connectivity index (χ4v) is 2.10. The van der Waals surface area contributed by atoms with Gasteiger partial charge in [0.1, 0.15) is 0 Å². The van der Waals surface area contributed by atoms with Crippen LogP contribution in [0.15, 0.2) is 60.8 Å². The fourth-order valence-electron chi connectivity index (χ4n) is 2.10. The molecule has 3 rings (SSSR count). The first-order valence-corrected chi connectivity index (χ1v) is 6.07. The number of carbonyl (C=O) groups excluding carboxylic acids is 1. The van der Waals surface area contributed by atoms with Crippen LogP contribution in [0.3, 0.4) is 0 Å². The molecule has 0 unspecified atom stereocenters. The Morgan fingerprint density at radius 3 is 2.32 bits per heavy atom. The number of fused-ring (bicyclic) bond motifs is 1. The van der Waals surface area contributed by atoms with Gasteiger partial charge in [0.05, 0.1) is 5.56 Å². The number of anilines is 1. The molecule has 0 atom stereocenters. The van der Waals surface area contributed by atoms with E-state index in [0.29, 0.717) is 11.3 Å². The Kier molecular flexibility index (Phi) is 2.80. The Bertz CT molecular complexity index is 647. The first kappa shape index (κ1) is 11.5. The molecule has 94 valence electrons. The second-order valence-corrected chi connectivity index (χ2v) is 4.37. The Balaban J connectivity index is 1.96. The number of hydrogen-bond acceptors (Lipinski definition) is 3. The zero-order valence-electron chi connectivity index (χ0n) is 10.5. The minimum atomic E-state index is -0.289. The quantitative estimate of drug-likeness (QED) is 0.767. The van der Waals surface area contributed by atoms with Gasteiger partial charge in [-0.3, -0.25) is 0 Å². The van der Waals surface area contributed by atoms with Gasteiger partial charge < -0.3 is 9.64 Å². The Morgan fingerprint density at radius 2 is 1.58 bits per heavy atom. The molecule has 0 N–H and O–H groups in total. The van der Waals surface area contributed by atoms with Crippen molar-refractivity contribution in [3.8, 4) is 0 Å². The predicted octanol–water partition coefficient (Wildman–Crippen LogP) is 3.29. The highest BCUT2D eigenvalue weighted by Gasteiger charge is 2.25. The molecule has 0 bridgehead atoms. The van der Waals surface area contributed by atoms with Crippen LogP contribution < -0.4 is 4.90 Å². The summed E-state index contributed by atoms with van der Waals surface area (Å²) in [6.45, 7) is 0. The highest BCUT2D eigenvalue weighted by Crippen LogP contribution is 2.30. The monoisotopic (exact) mass is 251 g/mol. The summed E-state index contributed by atoms with van der Waals surface area (Å²) in [5, 5.41) is 0. The molecule has 1 heterocycles. The van der Waals surface area contributed by atoms with Crippen molar-refractivity contribution in [2.75, 3.05) is 11.9 Å². The summed E-state index contributed by atoms with van der Waals surface area (Å²) in [6.07, 6.45) is 1.83. The Hall–Kier alpha value is -2.55. The summed E-state index contributed by atoms with van der Waals surface area (Å²) in [5.41, 5.74) is 2.50. The van der Waals surface area contributed by atoms with E-state index >= 15 is 0 Å². The number of esters is 1. The minimum Gasteiger partial charge on any atom is -0.421 e. The third-order valence-electron chi connectivity index (χ3n) is 3.09. The fraction of sp³-hybridized carbons (Fsp3) is 0.0625. The molecule has 1 aliphatic heterocycles. The van der Waals surface area contributed by atoms with E-state index in [1.54, 1.807) is 6.07 Å². The van der Waals surface area contributed by atoms with Crippen LogP contribution in [0.2, 0.25) is 0 Å². The predicted molar refractivity (Wildman–Crippen MR) is 74.7 cm³/mol. The summed E-state index contributed by atoms with van der Waals surface area (Å²) in [5.74, 6) is 0.301. The van der Waals surface area contributed by atoms with Crippen LogP contribution in [0.5, 0.6) is 0 Å². The lowest BCUT2D eigenvalue weighted by Gasteiger charge is -2.14. The van der Waals surface area contributed by atoms with Crippen molar-refractivity contribution in [1.82, 2.24) is 0 Å². The number of nitrogens with zero attached hydrogens (tertiary/aromatic N) is 1. The lowest BCUT2D eigenvalue weighted by atomic mass is 10.1. The van der Waals surface area contributed by atoms with Crippen molar-refractivity contribution in [3.05, 3.63) is 71.9 Å². The van der Waals surface area contributed by atoms with E-state index < -0.39 is 0 Å². The van der Waals surface area contributed by atoms with Crippen molar-refractivity contribution in [1.29, 1.82) is 0 Å². The lowest BCUT2D eigenvalue weighted by molar-refractivity contribution is 0.0715. The average Bonchev–Trinajstić information content (AvgIpc) is 2.77.